The van der Waals surface area contributed by atoms with Gasteiger partial charge in [-0.3, -0.25) is 13.9 Å². The second-order valence-electron chi connectivity index (χ2n) is 7.41. The van der Waals surface area contributed by atoms with Gasteiger partial charge in [-0.2, -0.15) is 0 Å². The van der Waals surface area contributed by atoms with Crippen LogP contribution in [-0.2, 0) is 14.8 Å². The molecule has 2 aromatic carbocycles. The molecule has 0 spiro atoms. The van der Waals surface area contributed by atoms with E-state index in [0.29, 0.717) is 16.3 Å². The number of hydrogen-bond acceptors (Lipinski definition) is 4. The van der Waals surface area contributed by atoms with Crippen LogP contribution in [-0.4, -0.2) is 39.1 Å². The van der Waals surface area contributed by atoms with Gasteiger partial charge in [-0.15, -0.1) is 0 Å². The van der Waals surface area contributed by atoms with Crippen molar-refractivity contribution in [2.24, 2.45) is 0 Å². The molecule has 0 aliphatic heterocycles. The lowest BCUT2D eigenvalue weighted by atomic mass is 10.1. The van der Waals surface area contributed by atoms with E-state index in [9.17, 15) is 18.0 Å². The number of hydrogen-bond donors (Lipinski definition) is 2. The summed E-state index contributed by atoms with van der Waals surface area (Å²) in [5.41, 5.74) is 1.02. The van der Waals surface area contributed by atoms with Crippen LogP contribution < -0.4 is 14.9 Å². The van der Waals surface area contributed by atoms with Gasteiger partial charge in [0.15, 0.2) is 0 Å². The first kappa shape index (κ1) is 26.0. The van der Waals surface area contributed by atoms with Crippen molar-refractivity contribution in [3.8, 4) is 0 Å². The monoisotopic (exact) mass is 499 g/mol. The Bertz CT molecular complexity index is 1080. The Labute approximate surface area is 199 Å². The van der Waals surface area contributed by atoms with Gasteiger partial charge in [0.1, 0.15) is 0 Å². The smallest absolute Gasteiger partial charge is 0.253 e. The fraction of sp³-hybridized carbons (Fsp3) is 0.364. The number of para-hydroxylation sites is 1. The van der Waals surface area contributed by atoms with E-state index < -0.39 is 10.0 Å². The fourth-order valence-corrected chi connectivity index (χ4v) is 4.34. The number of sulfonamides is 1. The quantitative estimate of drug-likeness (QED) is 0.494. The van der Waals surface area contributed by atoms with Gasteiger partial charge in [-0.25, -0.2) is 8.42 Å². The average Bonchev–Trinajstić information content (AvgIpc) is 2.72. The van der Waals surface area contributed by atoms with Crippen LogP contribution in [0, 0.1) is 0 Å². The molecule has 0 bridgehead atoms. The first-order chi connectivity index (χ1) is 15.0. The minimum absolute atomic E-state index is 0.00606. The zero-order chi connectivity index (χ0) is 23.9. The number of nitrogens with zero attached hydrogens (tertiary/aromatic N) is 1. The molecule has 32 heavy (non-hydrogen) atoms. The molecule has 0 fully saturated rings. The summed E-state index contributed by atoms with van der Waals surface area (Å²) in [5.74, 6) is -0.603. The molecule has 0 unspecified atom stereocenters. The third-order valence-electron chi connectivity index (χ3n) is 4.78. The van der Waals surface area contributed by atoms with Crippen molar-refractivity contribution < 1.29 is 18.0 Å². The van der Waals surface area contributed by atoms with Crippen molar-refractivity contribution in [1.82, 2.24) is 5.32 Å². The van der Waals surface area contributed by atoms with E-state index in [4.69, 9.17) is 23.2 Å². The topological polar surface area (TPSA) is 95.6 Å². The molecule has 0 radical (unpaired) electrons. The molecule has 2 rings (SSSR count). The molecule has 0 saturated carbocycles. The maximum absolute atomic E-state index is 12.5. The number of anilines is 2. The number of benzene rings is 2. The first-order valence-corrected chi connectivity index (χ1v) is 12.8. The third kappa shape index (κ3) is 7.39. The van der Waals surface area contributed by atoms with Crippen LogP contribution in [0.25, 0.3) is 0 Å². The van der Waals surface area contributed by atoms with E-state index in [0.717, 1.165) is 17.0 Å². The highest BCUT2D eigenvalue weighted by Crippen LogP contribution is 2.31. The van der Waals surface area contributed by atoms with Crippen LogP contribution in [0.4, 0.5) is 11.4 Å². The van der Waals surface area contributed by atoms with Gasteiger partial charge < -0.3 is 10.6 Å². The molecule has 7 nitrogen and oxygen atoms in total. The second-order valence-corrected chi connectivity index (χ2v) is 10.2. The van der Waals surface area contributed by atoms with Gasteiger partial charge in [0.05, 0.1) is 28.2 Å². The summed E-state index contributed by atoms with van der Waals surface area (Å²) in [6.07, 6.45) is 2.14. The van der Waals surface area contributed by atoms with Crippen LogP contribution in [0.5, 0.6) is 0 Å². The minimum Gasteiger partial charge on any atom is -0.350 e. The third-order valence-corrected chi connectivity index (χ3v) is 6.51. The fourth-order valence-electron chi connectivity index (χ4n) is 2.93. The van der Waals surface area contributed by atoms with E-state index >= 15 is 0 Å². The van der Waals surface area contributed by atoms with Gasteiger partial charge in [0.25, 0.3) is 5.91 Å². The lowest BCUT2D eigenvalue weighted by Gasteiger charge is -2.23. The number of carbonyl (C=O) groups excluding carboxylic acids is 2. The summed E-state index contributed by atoms with van der Waals surface area (Å²) in [6.45, 7) is 3.91. The Morgan fingerprint density at radius 2 is 1.81 bits per heavy atom. The Morgan fingerprint density at radius 3 is 2.47 bits per heavy atom. The van der Waals surface area contributed by atoms with Crippen LogP contribution in [0.2, 0.25) is 10.0 Å². The molecule has 2 aromatic rings. The summed E-state index contributed by atoms with van der Waals surface area (Å²) >= 11 is 12.1. The predicted octanol–water partition coefficient (Wildman–Crippen LogP) is 4.71. The van der Waals surface area contributed by atoms with Crippen molar-refractivity contribution in [3.05, 3.63) is 58.1 Å². The summed E-state index contributed by atoms with van der Waals surface area (Å²) in [4.78, 5) is 25.0. The number of rotatable bonds is 10. The van der Waals surface area contributed by atoms with Crippen molar-refractivity contribution in [3.63, 3.8) is 0 Å². The zero-order valence-corrected chi connectivity index (χ0v) is 20.5. The number of nitrogens with one attached hydrogen (secondary N) is 2. The van der Waals surface area contributed by atoms with Gasteiger partial charge >= 0.3 is 0 Å². The van der Waals surface area contributed by atoms with Crippen molar-refractivity contribution >= 4 is 56.4 Å². The van der Waals surface area contributed by atoms with Gasteiger partial charge in [-0.05, 0) is 50.1 Å². The molecular formula is C22H27Cl2N3O4S. The molecule has 10 heteroatoms. The van der Waals surface area contributed by atoms with Crippen molar-refractivity contribution in [1.29, 1.82) is 0 Å². The molecule has 0 heterocycles. The molecule has 2 N–H and O–H groups in total. The zero-order valence-electron chi connectivity index (χ0n) is 18.2. The van der Waals surface area contributed by atoms with E-state index in [1.165, 1.54) is 12.1 Å². The van der Waals surface area contributed by atoms with Crippen LogP contribution in [0.1, 0.15) is 43.5 Å². The predicted molar refractivity (Wildman–Crippen MR) is 130 cm³/mol. The molecule has 0 saturated heterocycles. The summed E-state index contributed by atoms with van der Waals surface area (Å²) < 4.78 is 25.7. The normalized spacial score (nSPS) is 12.2. The average molecular weight is 500 g/mol. The highest BCUT2D eigenvalue weighted by atomic mass is 35.5. The van der Waals surface area contributed by atoms with Crippen LogP contribution in [0.3, 0.4) is 0 Å². The minimum atomic E-state index is -3.64. The lowest BCUT2D eigenvalue weighted by molar-refractivity contribution is -0.116. The molecule has 174 valence electrons. The molecule has 1 atom stereocenters. The Hall–Kier alpha value is -2.29. The molecule has 0 aliphatic carbocycles. The first-order valence-electron chi connectivity index (χ1n) is 10.2. The van der Waals surface area contributed by atoms with Crippen LogP contribution >= 0.6 is 23.2 Å². The molecule has 2 amide bonds. The van der Waals surface area contributed by atoms with E-state index in [1.807, 2.05) is 13.8 Å². The molecule has 0 aromatic heterocycles. The standard InChI is InChI=1S/C22H27Cl2N3O4S/c1-4-15(2)25-22(29)17-8-5-6-9-19(17)26-21(28)10-7-13-27(32(3,30)31)20-14-16(23)11-12-18(20)24/h5-6,8-9,11-12,14-15H,4,7,10,13H2,1-3H3,(H,25,29)(H,26,28)/t15-/m1/s1. The van der Waals surface area contributed by atoms with Crippen molar-refractivity contribution in [2.45, 2.75) is 39.2 Å². The molecule has 0 aliphatic rings. The highest BCUT2D eigenvalue weighted by molar-refractivity contribution is 7.92. The Balaban J connectivity index is 2.05. The molecular weight excluding hydrogens is 473 g/mol. The van der Waals surface area contributed by atoms with Crippen LogP contribution in [0.15, 0.2) is 42.5 Å². The van der Waals surface area contributed by atoms with E-state index in [2.05, 4.69) is 10.6 Å². The second kappa shape index (κ2) is 11.5. The van der Waals surface area contributed by atoms with Crippen molar-refractivity contribution in [2.75, 3.05) is 22.4 Å². The summed E-state index contributed by atoms with van der Waals surface area (Å²) in [5, 5.41) is 6.21. The Kier molecular flexibility index (Phi) is 9.36. The summed E-state index contributed by atoms with van der Waals surface area (Å²) in [7, 11) is -3.64. The van der Waals surface area contributed by atoms with E-state index in [-0.39, 0.29) is 48.0 Å². The largest absolute Gasteiger partial charge is 0.350 e. The van der Waals surface area contributed by atoms with Gasteiger partial charge in [0.2, 0.25) is 15.9 Å². The number of carbonyl (C=O) groups is 2. The Morgan fingerprint density at radius 1 is 1.12 bits per heavy atom. The van der Waals surface area contributed by atoms with E-state index in [1.54, 1.807) is 30.3 Å². The number of amides is 2. The summed E-state index contributed by atoms with van der Waals surface area (Å²) in [6, 6.07) is 11.3. The lowest BCUT2D eigenvalue weighted by Crippen LogP contribution is -2.33. The van der Waals surface area contributed by atoms with Gasteiger partial charge in [0, 0.05) is 24.0 Å². The highest BCUT2D eigenvalue weighted by Gasteiger charge is 2.21. The SMILES string of the molecule is CC[C@@H](C)NC(=O)c1ccccc1NC(=O)CCCN(c1cc(Cl)ccc1Cl)S(C)(=O)=O. The maximum Gasteiger partial charge on any atom is 0.253 e. The van der Waals surface area contributed by atoms with Gasteiger partial charge in [-0.1, -0.05) is 42.3 Å². The number of halogens is 2. The maximum atomic E-state index is 12.5.